The molecule has 104 valence electrons. The van der Waals surface area contributed by atoms with Crippen LogP contribution in [-0.2, 0) is 0 Å². The van der Waals surface area contributed by atoms with Gasteiger partial charge in [0.1, 0.15) is 5.75 Å². The second-order valence-corrected chi connectivity index (χ2v) is 2.78. The second-order valence-electron chi connectivity index (χ2n) is 2.78. The Kier molecular flexibility index (Phi) is 12.6. The summed E-state index contributed by atoms with van der Waals surface area (Å²) in [6.07, 6.45) is 1.89. The molecule has 1 rings (SSSR count). The Labute approximate surface area is 110 Å². The summed E-state index contributed by atoms with van der Waals surface area (Å²) in [6.45, 7) is 1.78. The molecule has 0 aliphatic rings. The quantitative estimate of drug-likeness (QED) is 0.117. The van der Waals surface area contributed by atoms with Crippen LogP contribution in [0.15, 0.2) is 38.6 Å². The highest BCUT2D eigenvalue weighted by molar-refractivity contribution is 5.53. The molecule has 0 atom stereocenters. The number of rotatable bonds is 2. The first-order chi connectivity index (χ1) is 9.04. The van der Waals surface area contributed by atoms with Gasteiger partial charge in [-0.2, -0.15) is 10.2 Å². The third-order valence-corrected chi connectivity index (χ3v) is 1.60. The molecular weight excluding hydrogens is 250 g/mol. The van der Waals surface area contributed by atoms with Crippen molar-refractivity contribution in [1.82, 2.24) is 0 Å². The Bertz CT molecular complexity index is 393. The van der Waals surface area contributed by atoms with Crippen molar-refractivity contribution in [2.45, 2.75) is 6.92 Å². The molecule has 1 aromatic carbocycles. The maximum Gasteiger partial charge on any atom is 0.156 e. The van der Waals surface area contributed by atoms with E-state index < -0.39 is 0 Å². The fraction of sp³-hybridized carbons (Fsp3) is 0.111. The van der Waals surface area contributed by atoms with E-state index in [0.29, 0.717) is 5.69 Å². The summed E-state index contributed by atoms with van der Waals surface area (Å²) in [5, 5.41) is 20.1. The van der Waals surface area contributed by atoms with Crippen LogP contribution in [0.1, 0.15) is 5.56 Å². The first-order valence-corrected chi connectivity index (χ1v) is 4.75. The van der Waals surface area contributed by atoms with E-state index in [1.165, 1.54) is 0 Å². The average Bonchev–Trinajstić information content (AvgIpc) is 2.39. The zero-order chi connectivity index (χ0) is 15.1. The van der Waals surface area contributed by atoms with Gasteiger partial charge in [-0.25, -0.2) is 11.1 Å². The molecule has 0 amide bonds. The van der Waals surface area contributed by atoms with Crippen LogP contribution in [0.3, 0.4) is 0 Å². The molecule has 19 heavy (non-hydrogen) atoms. The average molecular weight is 267 g/mol. The third kappa shape index (κ3) is 11.2. The largest absolute Gasteiger partial charge is 0.508 e. The molecule has 0 aliphatic carbocycles. The van der Waals surface area contributed by atoms with Gasteiger partial charge in [0.25, 0.3) is 0 Å². The van der Waals surface area contributed by atoms with E-state index in [-0.39, 0.29) is 5.75 Å². The van der Waals surface area contributed by atoms with E-state index in [9.17, 15) is 0 Å². The summed E-state index contributed by atoms with van der Waals surface area (Å²) in [5.74, 6) is 9.25. The lowest BCUT2D eigenvalue weighted by molar-refractivity contribution is 0.471. The smallest absolute Gasteiger partial charge is 0.156 e. The van der Waals surface area contributed by atoms with Crippen molar-refractivity contribution in [3.05, 3.63) is 23.8 Å². The number of anilines is 1. The first-order valence-electron chi connectivity index (χ1n) is 4.75. The van der Waals surface area contributed by atoms with Gasteiger partial charge in [-0.3, -0.25) is 0 Å². The second kappa shape index (κ2) is 13.0. The minimum Gasteiger partial charge on any atom is -0.508 e. The van der Waals surface area contributed by atoms with Crippen molar-refractivity contribution < 1.29 is 5.11 Å². The minimum absolute atomic E-state index is 0.259. The molecule has 0 heterocycles. The Morgan fingerprint density at radius 1 is 1.11 bits per heavy atom. The normalized spacial score (nSPS) is 9.11. The number of benzene rings is 1. The minimum atomic E-state index is 0.259. The van der Waals surface area contributed by atoms with Gasteiger partial charge < -0.3 is 22.5 Å². The lowest BCUT2D eigenvalue weighted by atomic mass is 10.2. The van der Waals surface area contributed by atoms with Crippen LogP contribution in [0, 0.1) is 18.0 Å². The molecule has 0 spiro atoms. The molecule has 10 heteroatoms. The highest BCUT2D eigenvalue weighted by atomic mass is 16.3. The SMILES string of the molecule is Cc1c(N)cccc1O.N=NC=NN.N=NC=NN. The van der Waals surface area contributed by atoms with Crippen LogP contribution in [0.2, 0.25) is 0 Å². The number of hydrazone groups is 2. The number of nitrogen functional groups attached to an aromatic ring is 1. The van der Waals surface area contributed by atoms with E-state index >= 15 is 0 Å². The van der Waals surface area contributed by atoms with Gasteiger partial charge in [0, 0.05) is 11.3 Å². The van der Waals surface area contributed by atoms with Gasteiger partial charge in [0.2, 0.25) is 0 Å². The molecule has 10 nitrogen and oxygen atoms in total. The van der Waals surface area contributed by atoms with Crippen LogP contribution < -0.4 is 17.4 Å². The molecule has 0 aliphatic heterocycles. The topological polar surface area (TPSA) is 195 Å². The van der Waals surface area contributed by atoms with E-state index in [1.54, 1.807) is 25.1 Å². The Balaban J connectivity index is 0. The molecule has 0 aromatic heterocycles. The van der Waals surface area contributed by atoms with Crippen LogP contribution >= 0.6 is 0 Å². The van der Waals surface area contributed by atoms with Crippen LogP contribution in [-0.4, -0.2) is 17.8 Å². The van der Waals surface area contributed by atoms with E-state index in [2.05, 4.69) is 32.1 Å². The maximum atomic E-state index is 9.02. The number of hydrogen-bond acceptors (Lipinski definition) is 8. The van der Waals surface area contributed by atoms with Gasteiger partial charge in [0.15, 0.2) is 12.7 Å². The number of hydrogen-bond donors (Lipinski definition) is 6. The van der Waals surface area contributed by atoms with Crippen LogP contribution in [0.25, 0.3) is 0 Å². The highest BCUT2D eigenvalue weighted by Crippen LogP contribution is 2.20. The Morgan fingerprint density at radius 2 is 1.58 bits per heavy atom. The van der Waals surface area contributed by atoms with Crippen molar-refractivity contribution in [2.75, 3.05) is 5.73 Å². The monoisotopic (exact) mass is 267 g/mol. The number of phenolic OH excluding ortho intramolecular Hbond substituents is 1. The fourth-order valence-electron chi connectivity index (χ4n) is 0.707. The van der Waals surface area contributed by atoms with Gasteiger partial charge in [0.05, 0.1) is 0 Å². The zero-order valence-electron chi connectivity index (χ0n) is 10.4. The predicted octanol–water partition coefficient (Wildman–Crippen LogP) is 1.12. The van der Waals surface area contributed by atoms with Gasteiger partial charge in [-0.05, 0) is 19.1 Å². The van der Waals surface area contributed by atoms with Crippen LogP contribution in [0.4, 0.5) is 5.69 Å². The molecule has 1 aromatic rings. The molecule has 0 unspecified atom stereocenters. The summed E-state index contributed by atoms with van der Waals surface area (Å²) in [7, 11) is 0. The molecule has 0 saturated carbocycles. The number of phenols is 1. The number of nitrogens with one attached hydrogen (secondary N) is 2. The number of nitrogens with two attached hydrogens (primary N) is 3. The molecule has 0 saturated heterocycles. The van der Waals surface area contributed by atoms with Crippen molar-refractivity contribution in [3.63, 3.8) is 0 Å². The van der Waals surface area contributed by atoms with E-state index in [1.807, 2.05) is 0 Å². The van der Waals surface area contributed by atoms with Crippen molar-refractivity contribution in [1.29, 1.82) is 11.1 Å². The fourth-order valence-corrected chi connectivity index (χ4v) is 0.707. The first kappa shape index (κ1) is 18.3. The summed E-state index contributed by atoms with van der Waals surface area (Å²) in [6, 6.07) is 5.10. The summed E-state index contributed by atoms with van der Waals surface area (Å²) < 4.78 is 0. The lowest BCUT2D eigenvalue weighted by Gasteiger charge is -1.99. The Morgan fingerprint density at radius 3 is 1.79 bits per heavy atom. The lowest BCUT2D eigenvalue weighted by Crippen LogP contribution is -1.87. The van der Waals surface area contributed by atoms with Crippen molar-refractivity contribution in [3.8, 4) is 5.75 Å². The third-order valence-electron chi connectivity index (χ3n) is 1.60. The highest BCUT2D eigenvalue weighted by Gasteiger charge is 1.95. The molecule has 0 bridgehead atoms. The van der Waals surface area contributed by atoms with Gasteiger partial charge in [-0.15, -0.1) is 10.2 Å². The van der Waals surface area contributed by atoms with E-state index in [4.69, 9.17) is 21.9 Å². The molecule has 0 radical (unpaired) electrons. The number of aromatic hydroxyl groups is 1. The number of nitrogens with zero attached hydrogens (tertiary/aromatic N) is 4. The Hall–Kier alpha value is -3.04. The van der Waals surface area contributed by atoms with E-state index in [0.717, 1.165) is 18.2 Å². The molecule has 9 N–H and O–H groups in total. The maximum absolute atomic E-state index is 9.02. The molecular formula is C9H17N9O. The summed E-state index contributed by atoms with van der Waals surface area (Å²) >= 11 is 0. The standard InChI is InChI=1S/C7H9NO.2CH4N4/c1-5-6(8)3-2-4-7(5)9;2*2-4-1-5-3/h2-4,9H,8H2,1H3;2*1-2H,3H2. The van der Waals surface area contributed by atoms with Gasteiger partial charge >= 0.3 is 0 Å². The molecule has 0 fully saturated rings. The van der Waals surface area contributed by atoms with Crippen molar-refractivity contribution >= 4 is 18.4 Å². The summed E-state index contributed by atoms with van der Waals surface area (Å²) in [4.78, 5) is 0. The van der Waals surface area contributed by atoms with Crippen LogP contribution in [0.5, 0.6) is 5.75 Å². The zero-order valence-corrected chi connectivity index (χ0v) is 10.4. The summed E-state index contributed by atoms with van der Waals surface area (Å²) in [5.41, 5.74) is 18.8. The van der Waals surface area contributed by atoms with Gasteiger partial charge in [-0.1, -0.05) is 6.07 Å². The predicted molar refractivity (Wildman–Crippen MR) is 72.9 cm³/mol. The van der Waals surface area contributed by atoms with Crippen molar-refractivity contribution in [2.24, 2.45) is 32.1 Å².